The maximum Gasteiger partial charge on any atom is 0.200 e. The van der Waals surface area contributed by atoms with Gasteiger partial charge in [0, 0.05) is 48.5 Å². The van der Waals surface area contributed by atoms with E-state index in [1.54, 1.807) is 18.2 Å². The van der Waals surface area contributed by atoms with E-state index in [9.17, 15) is 35.7 Å². The molecule has 62 heavy (non-hydrogen) atoms. The molecule has 6 rings (SSSR count). The number of fused-ring (bicyclic) bond motifs is 3. The van der Waals surface area contributed by atoms with Gasteiger partial charge in [-0.25, -0.2) is 0 Å². The van der Waals surface area contributed by atoms with Crippen LogP contribution in [0.1, 0.15) is 106 Å². The van der Waals surface area contributed by atoms with Crippen LogP contribution in [0.2, 0.25) is 0 Å². The van der Waals surface area contributed by atoms with Gasteiger partial charge in [-0.1, -0.05) is 40.9 Å². The highest BCUT2D eigenvalue weighted by atomic mass is 33.1. The van der Waals surface area contributed by atoms with Crippen LogP contribution < -0.4 is 19.5 Å². The summed E-state index contributed by atoms with van der Waals surface area (Å²) in [5, 5.41) is 79.3. The molecule has 0 unspecified atom stereocenters. The second-order valence-electron chi connectivity index (χ2n) is 18.1. The number of benzene rings is 2. The quantitative estimate of drug-likeness (QED) is 0.0616. The molecule has 8 N–H and O–H groups in total. The van der Waals surface area contributed by atoms with Crippen LogP contribution in [0, 0.1) is 46.8 Å². The summed E-state index contributed by atoms with van der Waals surface area (Å²) in [5.41, 5.74) is 2.34. The second-order valence-corrected chi connectivity index (χ2v) is 20.7. The number of rotatable bonds is 13. The first-order valence-electron chi connectivity index (χ1n) is 22.8. The average molecular weight is 902 g/mol. The molecule has 4 aliphatic rings. The Labute approximate surface area is 376 Å². The highest BCUT2D eigenvalue weighted by Crippen LogP contribution is 2.56. The summed E-state index contributed by atoms with van der Waals surface area (Å²) in [6.45, 7) is 3.75. The third-order valence-electron chi connectivity index (χ3n) is 14.1. The molecule has 2 heterocycles. The van der Waals surface area contributed by atoms with E-state index in [1.807, 2.05) is 6.07 Å². The molecule has 2 aliphatic heterocycles. The number of ether oxygens (including phenoxy) is 4. The first-order valence-corrected chi connectivity index (χ1v) is 25.2. The van der Waals surface area contributed by atoms with E-state index in [1.165, 1.54) is 42.2 Å². The van der Waals surface area contributed by atoms with Gasteiger partial charge in [0.15, 0.2) is 23.0 Å². The van der Waals surface area contributed by atoms with Gasteiger partial charge >= 0.3 is 0 Å². The summed E-state index contributed by atoms with van der Waals surface area (Å²) >= 11 is 0. The fraction of sp³-hybridized carbons (Fsp3) is 0.708. The fourth-order valence-electron chi connectivity index (χ4n) is 11.0. The molecular formula is C48H71NO11S2. The smallest absolute Gasteiger partial charge is 0.200 e. The molecule has 2 saturated carbocycles. The lowest BCUT2D eigenvalue weighted by Gasteiger charge is -2.53. The van der Waals surface area contributed by atoms with Crippen molar-refractivity contribution in [1.82, 2.24) is 5.32 Å². The van der Waals surface area contributed by atoms with E-state index in [-0.39, 0.29) is 71.6 Å². The highest BCUT2D eigenvalue weighted by molar-refractivity contribution is 8.76. The van der Waals surface area contributed by atoms with E-state index < -0.39 is 31.0 Å². The van der Waals surface area contributed by atoms with Crippen molar-refractivity contribution in [3.63, 3.8) is 0 Å². The minimum atomic E-state index is -1.02. The number of phenols is 2. The Kier molecular flexibility index (Phi) is 18.6. The van der Waals surface area contributed by atoms with Gasteiger partial charge in [0.25, 0.3) is 0 Å². The third kappa shape index (κ3) is 12.0. The zero-order valence-electron chi connectivity index (χ0n) is 36.8. The van der Waals surface area contributed by atoms with E-state index in [4.69, 9.17) is 18.9 Å². The zero-order valence-corrected chi connectivity index (χ0v) is 38.4. The Hall–Kier alpha value is -2.58. The van der Waals surface area contributed by atoms with Crippen molar-refractivity contribution < 1.29 is 54.7 Å². The number of phenolic OH excluding ortho intramolecular Hbond substituents is 2. The minimum Gasteiger partial charge on any atom is -0.504 e. The molecule has 0 bridgehead atoms. The van der Waals surface area contributed by atoms with Crippen molar-refractivity contribution in [2.75, 3.05) is 53.1 Å². The molecule has 11 atom stereocenters. The number of nitrogens with one attached hydrogen (secondary N) is 1. The lowest BCUT2D eigenvalue weighted by atomic mass is 9.51. The van der Waals surface area contributed by atoms with Crippen molar-refractivity contribution in [2.24, 2.45) is 35.0 Å². The van der Waals surface area contributed by atoms with Gasteiger partial charge in [-0.3, -0.25) is 0 Å². The van der Waals surface area contributed by atoms with Crippen molar-refractivity contribution in [1.29, 1.82) is 0 Å². The minimum absolute atomic E-state index is 0.0416. The summed E-state index contributed by atoms with van der Waals surface area (Å²) < 4.78 is 23.5. The van der Waals surface area contributed by atoms with Crippen molar-refractivity contribution in [3.8, 4) is 40.6 Å². The molecule has 2 fully saturated rings. The van der Waals surface area contributed by atoms with Crippen LogP contribution >= 0.6 is 21.6 Å². The molecule has 2 aromatic carbocycles. The van der Waals surface area contributed by atoms with E-state index in [2.05, 4.69) is 24.1 Å². The van der Waals surface area contributed by atoms with Crippen LogP contribution in [0.15, 0.2) is 24.3 Å². The molecule has 0 amide bonds. The van der Waals surface area contributed by atoms with Crippen LogP contribution in [0.25, 0.3) is 0 Å². The molecule has 1 spiro atoms. The number of aliphatic hydroxyl groups excluding tert-OH is 5. The summed E-state index contributed by atoms with van der Waals surface area (Å²) in [6, 6.07) is 7.05. The average Bonchev–Trinajstić information content (AvgIpc) is 3.34. The van der Waals surface area contributed by atoms with Gasteiger partial charge in [-0.15, -0.1) is 5.92 Å². The van der Waals surface area contributed by atoms with E-state index in [0.29, 0.717) is 54.2 Å². The van der Waals surface area contributed by atoms with E-state index >= 15 is 0 Å². The molecular weight excluding hydrogens is 831 g/mol. The van der Waals surface area contributed by atoms with Crippen LogP contribution in [-0.4, -0.2) is 113 Å². The molecule has 2 aromatic rings. The van der Waals surface area contributed by atoms with Gasteiger partial charge in [0.05, 0.1) is 38.6 Å². The van der Waals surface area contributed by atoms with E-state index in [0.717, 1.165) is 75.6 Å². The lowest BCUT2D eigenvalue weighted by molar-refractivity contribution is -0.0808. The Balaban J connectivity index is 1.27. The van der Waals surface area contributed by atoms with Crippen LogP contribution in [0.3, 0.4) is 0 Å². The topological polar surface area (TPSA) is 191 Å². The molecule has 0 saturated heterocycles. The van der Waals surface area contributed by atoms with Gasteiger partial charge < -0.3 is 60.0 Å². The molecule has 14 heteroatoms. The third-order valence-corrected chi connectivity index (χ3v) is 17.0. The van der Waals surface area contributed by atoms with Gasteiger partial charge in [0.1, 0.15) is 6.79 Å². The highest BCUT2D eigenvalue weighted by Gasteiger charge is 2.52. The lowest BCUT2D eigenvalue weighted by Crippen LogP contribution is -2.50. The van der Waals surface area contributed by atoms with Crippen LogP contribution in [-0.2, 0) is 17.6 Å². The predicted molar refractivity (Wildman–Crippen MR) is 244 cm³/mol. The number of aromatic hydroxyl groups is 2. The summed E-state index contributed by atoms with van der Waals surface area (Å²) in [4.78, 5) is 0. The number of aliphatic hydroxyl groups is 5. The van der Waals surface area contributed by atoms with Crippen LogP contribution in [0.4, 0.5) is 0 Å². The monoisotopic (exact) mass is 901 g/mol. The number of hydrogen-bond acceptors (Lipinski definition) is 14. The Morgan fingerprint density at radius 3 is 2.39 bits per heavy atom. The maximum atomic E-state index is 11.8. The maximum absolute atomic E-state index is 11.8. The Morgan fingerprint density at radius 2 is 1.66 bits per heavy atom. The number of hydrogen-bond donors (Lipinski definition) is 8. The van der Waals surface area contributed by atoms with Gasteiger partial charge in [-0.2, -0.15) is 0 Å². The predicted octanol–water partition coefficient (Wildman–Crippen LogP) is 6.53. The molecule has 12 nitrogen and oxygen atoms in total. The molecule has 0 aromatic heterocycles. The van der Waals surface area contributed by atoms with Crippen LogP contribution in [0.5, 0.6) is 28.7 Å². The first kappa shape index (κ1) is 48.9. The standard InChI is InChI=1S/C48H71NO11S2/c1-30-8-11-34(7-6-17-50)48(26-30)15-4-5-16-49-27-33-10-13-36(23-39(33)48)60-43-22-32-9-12-35(59-29-52)24-40(53)38(19-31-20-44(57-2)47(56)45(21-31)58-3)42(55)28-61-62-46(14-18-51)37(32)25-41(43)54/h20-22,25,30,33-36,38-40,42,46,49-56H,5-14,16-19,23-24,26-29H2,1-3H3/t30-,33-,34-,35-,36+,38-,39+,40+,42-,46-,48-/m0/s1. The number of methoxy groups -OCH3 is 2. The molecule has 346 valence electrons. The first-order chi connectivity index (χ1) is 30.0. The Bertz CT molecular complexity index is 1760. The SMILES string of the molecule is COc1cc(C[C@H]2[C@H](O)C[C@@H](OCO)CCc3cc(O[C@@H]4CC[C@H]5CNCCC#C[C@@]6(C[C@@H](C)CC[C@@H]6CCCO)[C@@H]5C4)c(O)cc3[C@H](CCO)SSC[C@@H]2O)cc(OC)c1O. The number of aryl methyl sites for hydroxylation is 1. The van der Waals surface area contributed by atoms with Gasteiger partial charge in [0.2, 0.25) is 5.75 Å². The largest absolute Gasteiger partial charge is 0.504 e. The van der Waals surface area contributed by atoms with Crippen molar-refractivity contribution >= 4 is 21.6 Å². The summed E-state index contributed by atoms with van der Waals surface area (Å²) in [5.74, 6) is 9.64. The zero-order chi connectivity index (χ0) is 44.2. The van der Waals surface area contributed by atoms with Gasteiger partial charge in [-0.05, 0) is 148 Å². The van der Waals surface area contributed by atoms with Crippen molar-refractivity contribution in [2.45, 2.75) is 126 Å². The van der Waals surface area contributed by atoms with Crippen molar-refractivity contribution in [3.05, 3.63) is 41.0 Å². The normalized spacial score (nSPS) is 32.2. The fourth-order valence-corrected chi connectivity index (χ4v) is 13.9. The second kappa shape index (κ2) is 23.6. The Morgan fingerprint density at radius 1 is 0.871 bits per heavy atom. The summed E-state index contributed by atoms with van der Waals surface area (Å²) in [6.07, 6.45) is 7.66. The molecule has 2 aliphatic carbocycles. The summed E-state index contributed by atoms with van der Waals surface area (Å²) in [7, 11) is 5.86. The molecule has 0 radical (unpaired) electrons.